The van der Waals surface area contributed by atoms with E-state index in [0.717, 1.165) is 11.3 Å². The van der Waals surface area contributed by atoms with Crippen LogP contribution in [0.2, 0.25) is 0 Å². The third-order valence-corrected chi connectivity index (χ3v) is 3.19. The third-order valence-electron chi connectivity index (χ3n) is 3.19. The van der Waals surface area contributed by atoms with Crippen molar-refractivity contribution in [3.05, 3.63) is 65.7 Å². The van der Waals surface area contributed by atoms with Gasteiger partial charge in [0.15, 0.2) is 5.78 Å². The van der Waals surface area contributed by atoms with Gasteiger partial charge >= 0.3 is 0 Å². The Morgan fingerprint density at radius 1 is 1.04 bits per heavy atom. The minimum Gasteiger partial charge on any atom is -0.457 e. The second-order valence-corrected chi connectivity index (χ2v) is 6.24. The van der Waals surface area contributed by atoms with E-state index in [1.54, 1.807) is 32.9 Å². The first-order chi connectivity index (χ1) is 10.9. The minimum atomic E-state index is -0.584. The number of benzene rings is 2. The number of para-hydroxylation sites is 1. The van der Waals surface area contributed by atoms with Gasteiger partial charge in [-0.25, -0.2) is 0 Å². The maximum atomic E-state index is 12.3. The Balaban J connectivity index is 2.27. The minimum absolute atomic E-state index is 0.148. The normalized spacial score (nSPS) is 11.7. The Morgan fingerprint density at radius 3 is 2.30 bits per heavy atom. The van der Waals surface area contributed by atoms with Crippen LogP contribution < -0.4 is 4.74 Å². The van der Waals surface area contributed by atoms with Crippen LogP contribution in [0.1, 0.15) is 26.3 Å². The zero-order chi connectivity index (χ0) is 16.9. The van der Waals surface area contributed by atoms with E-state index < -0.39 is 5.41 Å². The van der Waals surface area contributed by atoms with Gasteiger partial charge in [-0.05, 0) is 35.9 Å². The number of carbonyl (C=O) groups excluding carboxylic acids is 1. The standard InChI is InChI=1S/C20H19NO2/c1-20(2,3)19(22)16(14-21)12-15-8-7-11-18(13-15)23-17-9-5-4-6-10-17/h4-13H,1-3H3. The average molecular weight is 305 g/mol. The summed E-state index contributed by atoms with van der Waals surface area (Å²) in [6.07, 6.45) is 1.60. The molecule has 2 rings (SSSR count). The zero-order valence-electron chi connectivity index (χ0n) is 13.5. The molecule has 0 saturated heterocycles. The molecule has 2 aromatic rings. The molecule has 23 heavy (non-hydrogen) atoms. The summed E-state index contributed by atoms with van der Waals surface area (Å²) in [6.45, 7) is 5.40. The molecular weight excluding hydrogens is 286 g/mol. The number of ether oxygens (including phenoxy) is 1. The van der Waals surface area contributed by atoms with Crippen molar-refractivity contribution in [2.45, 2.75) is 20.8 Å². The van der Waals surface area contributed by atoms with E-state index in [-0.39, 0.29) is 11.4 Å². The fourth-order valence-electron chi connectivity index (χ4n) is 2.01. The summed E-state index contributed by atoms with van der Waals surface area (Å²) in [5, 5.41) is 9.26. The maximum absolute atomic E-state index is 12.3. The van der Waals surface area contributed by atoms with E-state index in [0.29, 0.717) is 5.75 Å². The first kappa shape index (κ1) is 16.5. The number of hydrogen-bond acceptors (Lipinski definition) is 3. The highest BCUT2D eigenvalue weighted by Gasteiger charge is 2.24. The first-order valence-electron chi connectivity index (χ1n) is 7.40. The van der Waals surface area contributed by atoms with Crippen molar-refractivity contribution in [2.75, 3.05) is 0 Å². The Labute approximate surface area is 136 Å². The molecule has 3 heteroatoms. The van der Waals surface area contributed by atoms with Crippen LogP contribution >= 0.6 is 0 Å². The van der Waals surface area contributed by atoms with Gasteiger partial charge in [0.25, 0.3) is 0 Å². The number of hydrogen-bond donors (Lipinski definition) is 0. The molecule has 0 aliphatic carbocycles. The molecule has 0 aromatic heterocycles. The van der Waals surface area contributed by atoms with Gasteiger partial charge < -0.3 is 4.74 Å². The lowest BCUT2D eigenvalue weighted by molar-refractivity contribution is -0.121. The summed E-state index contributed by atoms with van der Waals surface area (Å²) >= 11 is 0. The summed E-state index contributed by atoms with van der Waals surface area (Å²) in [6, 6.07) is 18.8. The van der Waals surface area contributed by atoms with Crippen molar-refractivity contribution in [3.8, 4) is 17.6 Å². The lowest BCUT2D eigenvalue weighted by atomic mass is 9.86. The summed E-state index contributed by atoms with van der Waals surface area (Å²) in [4.78, 5) is 12.3. The van der Waals surface area contributed by atoms with Gasteiger partial charge in [0.1, 0.15) is 17.6 Å². The van der Waals surface area contributed by atoms with Crippen LogP contribution in [-0.2, 0) is 4.79 Å². The van der Waals surface area contributed by atoms with Crippen molar-refractivity contribution in [3.63, 3.8) is 0 Å². The molecule has 0 bridgehead atoms. The van der Waals surface area contributed by atoms with Crippen molar-refractivity contribution in [2.24, 2.45) is 5.41 Å². The molecule has 0 heterocycles. The van der Waals surface area contributed by atoms with Crippen LogP contribution in [0, 0.1) is 16.7 Å². The molecule has 0 unspecified atom stereocenters. The first-order valence-corrected chi connectivity index (χ1v) is 7.40. The second-order valence-electron chi connectivity index (χ2n) is 6.24. The van der Waals surface area contributed by atoms with Gasteiger partial charge in [-0.15, -0.1) is 0 Å². The smallest absolute Gasteiger partial charge is 0.178 e. The molecule has 0 saturated carbocycles. The summed E-state index contributed by atoms with van der Waals surface area (Å²) < 4.78 is 5.76. The number of rotatable bonds is 4. The van der Waals surface area contributed by atoms with Crippen LogP contribution in [0.25, 0.3) is 6.08 Å². The molecule has 0 spiro atoms. The molecule has 2 aromatic carbocycles. The van der Waals surface area contributed by atoms with Crippen molar-refractivity contribution < 1.29 is 9.53 Å². The Kier molecular flexibility index (Phi) is 4.98. The quantitative estimate of drug-likeness (QED) is 0.590. The van der Waals surface area contributed by atoms with Crippen LogP contribution in [-0.4, -0.2) is 5.78 Å². The van der Waals surface area contributed by atoms with Gasteiger partial charge in [0, 0.05) is 5.41 Å². The average Bonchev–Trinajstić information content (AvgIpc) is 2.52. The van der Waals surface area contributed by atoms with Crippen LogP contribution in [0.4, 0.5) is 0 Å². The third kappa shape index (κ3) is 4.55. The zero-order valence-corrected chi connectivity index (χ0v) is 13.5. The molecule has 0 fully saturated rings. The predicted molar refractivity (Wildman–Crippen MR) is 91.0 cm³/mol. The van der Waals surface area contributed by atoms with Gasteiger partial charge in [-0.1, -0.05) is 51.1 Å². The molecule has 0 radical (unpaired) electrons. The van der Waals surface area contributed by atoms with Gasteiger partial charge in [0.05, 0.1) is 5.57 Å². The topological polar surface area (TPSA) is 50.1 Å². The molecule has 0 N–H and O–H groups in total. The summed E-state index contributed by atoms with van der Waals surface area (Å²) in [5.41, 5.74) is 0.321. The van der Waals surface area contributed by atoms with Crippen LogP contribution in [0.5, 0.6) is 11.5 Å². The maximum Gasteiger partial charge on any atom is 0.178 e. The monoisotopic (exact) mass is 305 g/mol. The van der Waals surface area contributed by atoms with Crippen LogP contribution in [0.3, 0.4) is 0 Å². The van der Waals surface area contributed by atoms with E-state index in [4.69, 9.17) is 4.74 Å². The molecule has 0 amide bonds. The number of allylic oxidation sites excluding steroid dienone is 1. The fraction of sp³-hybridized carbons (Fsp3) is 0.200. The van der Waals surface area contributed by atoms with E-state index in [9.17, 15) is 10.1 Å². The lowest BCUT2D eigenvalue weighted by Crippen LogP contribution is -2.21. The number of carbonyl (C=O) groups is 1. The van der Waals surface area contributed by atoms with Crippen molar-refractivity contribution in [1.82, 2.24) is 0 Å². The van der Waals surface area contributed by atoms with Gasteiger partial charge in [-0.3, -0.25) is 4.79 Å². The predicted octanol–water partition coefficient (Wildman–Crippen LogP) is 5.00. The van der Waals surface area contributed by atoms with E-state index >= 15 is 0 Å². The number of nitriles is 1. The van der Waals surface area contributed by atoms with E-state index in [1.807, 2.05) is 54.6 Å². The molecule has 0 atom stereocenters. The molecule has 3 nitrogen and oxygen atoms in total. The van der Waals surface area contributed by atoms with E-state index in [1.165, 1.54) is 0 Å². The largest absolute Gasteiger partial charge is 0.457 e. The highest BCUT2D eigenvalue weighted by Crippen LogP contribution is 2.25. The SMILES string of the molecule is CC(C)(C)C(=O)C(C#N)=Cc1cccc(Oc2ccccc2)c1. The van der Waals surface area contributed by atoms with Crippen LogP contribution in [0.15, 0.2) is 60.2 Å². The Bertz CT molecular complexity index is 762. The molecular formula is C20H19NO2. The Hall–Kier alpha value is -2.86. The Morgan fingerprint density at radius 2 is 1.70 bits per heavy atom. The van der Waals surface area contributed by atoms with Gasteiger partial charge in [-0.2, -0.15) is 5.26 Å². The fourth-order valence-corrected chi connectivity index (χ4v) is 2.01. The van der Waals surface area contributed by atoms with E-state index in [2.05, 4.69) is 0 Å². The number of Topliss-reactive ketones (excluding diaryl/α,β-unsaturated/α-hetero) is 1. The highest BCUT2D eigenvalue weighted by atomic mass is 16.5. The van der Waals surface area contributed by atoms with Crippen molar-refractivity contribution in [1.29, 1.82) is 5.26 Å². The number of nitrogens with zero attached hydrogens (tertiary/aromatic N) is 1. The molecule has 0 aliphatic heterocycles. The van der Waals surface area contributed by atoms with Crippen molar-refractivity contribution >= 4 is 11.9 Å². The summed E-state index contributed by atoms with van der Waals surface area (Å²) in [7, 11) is 0. The number of ketones is 1. The van der Waals surface area contributed by atoms with Gasteiger partial charge in [0.2, 0.25) is 0 Å². The lowest BCUT2D eigenvalue weighted by Gasteiger charge is -2.15. The molecule has 116 valence electrons. The second kappa shape index (κ2) is 6.93. The molecule has 0 aliphatic rings. The summed E-state index contributed by atoms with van der Waals surface area (Å²) in [5.74, 6) is 1.22. The highest BCUT2D eigenvalue weighted by molar-refractivity contribution is 6.06.